The van der Waals surface area contributed by atoms with Gasteiger partial charge >= 0.3 is 71.7 Å². The summed E-state index contributed by atoms with van der Waals surface area (Å²) in [6.45, 7) is 2.35. The molecule has 1 aliphatic carbocycles. The topological polar surface area (TPSA) is 0 Å². The van der Waals surface area contributed by atoms with Crippen LogP contribution in [-0.4, -0.2) is 0 Å². The third-order valence-corrected chi connectivity index (χ3v) is 16.0. The molecule has 0 aliphatic heterocycles. The first-order valence-electron chi connectivity index (χ1n) is 4.53. The molecule has 0 unspecified atom stereocenters. The third kappa shape index (κ3) is 1.93. The summed E-state index contributed by atoms with van der Waals surface area (Å²) in [7, 11) is 0. The van der Waals surface area contributed by atoms with Crippen molar-refractivity contribution >= 4 is 0 Å². The van der Waals surface area contributed by atoms with Gasteiger partial charge in [0.25, 0.3) is 0 Å². The molecule has 1 heteroatoms. The molecule has 0 atom stereocenters. The fourth-order valence-electron chi connectivity index (χ4n) is 1.36. The Morgan fingerprint density at radius 3 is 2.36 bits per heavy atom. The molecule has 63 valence electrons. The molecule has 0 heterocycles. The van der Waals surface area contributed by atoms with Crippen molar-refractivity contribution in [2.45, 2.75) is 31.4 Å². The van der Waals surface area contributed by atoms with Crippen LogP contribution in [0, 0.1) is 0 Å². The van der Waals surface area contributed by atoms with Gasteiger partial charge in [0.05, 0.1) is 0 Å². The van der Waals surface area contributed by atoms with Crippen molar-refractivity contribution < 1.29 is 18.8 Å². The van der Waals surface area contributed by atoms with E-state index in [2.05, 4.69) is 39.0 Å². The first-order valence-corrected chi connectivity index (χ1v) is 14.9. The van der Waals surface area contributed by atoms with Gasteiger partial charge in [0.1, 0.15) is 0 Å². The molecule has 0 saturated carbocycles. The van der Waals surface area contributed by atoms with Crippen LogP contribution in [0.3, 0.4) is 0 Å². The number of allylic oxidation sites excluding steroid dienone is 4. The SMILES string of the molecule is C[CH2][Zr]([CH3])([CH3])([CH3])[C]1=CC=CC1. The summed E-state index contributed by atoms with van der Waals surface area (Å²) >= 11 is -2.26. The van der Waals surface area contributed by atoms with E-state index in [0.29, 0.717) is 0 Å². The second kappa shape index (κ2) is 2.69. The molecule has 0 N–H and O–H groups in total. The molecular formula is C10H19Zr. The summed E-state index contributed by atoms with van der Waals surface area (Å²) in [5.74, 6) is 0. The van der Waals surface area contributed by atoms with Crippen LogP contribution in [0.1, 0.15) is 13.3 Å². The van der Waals surface area contributed by atoms with Gasteiger partial charge in [-0.1, -0.05) is 0 Å². The summed E-state index contributed by atoms with van der Waals surface area (Å²) in [5.41, 5.74) is 0. The van der Waals surface area contributed by atoms with Crippen molar-refractivity contribution in [3.63, 3.8) is 0 Å². The van der Waals surface area contributed by atoms with Gasteiger partial charge in [-0.05, 0) is 0 Å². The molecular weight excluding hydrogens is 211 g/mol. The Morgan fingerprint density at radius 1 is 1.36 bits per heavy atom. The molecule has 11 heavy (non-hydrogen) atoms. The minimum absolute atomic E-state index is 1.24. The van der Waals surface area contributed by atoms with E-state index < -0.39 is 18.8 Å². The fraction of sp³-hybridized carbons (Fsp3) is 0.600. The molecule has 0 saturated heterocycles. The van der Waals surface area contributed by atoms with Crippen LogP contribution in [0.15, 0.2) is 21.5 Å². The predicted molar refractivity (Wildman–Crippen MR) is 49.9 cm³/mol. The van der Waals surface area contributed by atoms with Crippen LogP contribution in [-0.2, 0) is 18.8 Å². The molecule has 0 amide bonds. The van der Waals surface area contributed by atoms with Crippen molar-refractivity contribution in [1.29, 1.82) is 0 Å². The normalized spacial score (nSPS) is 21.1. The molecule has 0 nitrogen and oxygen atoms in total. The summed E-state index contributed by atoms with van der Waals surface area (Å²) in [6, 6.07) is 0. The summed E-state index contributed by atoms with van der Waals surface area (Å²) in [5, 5.41) is 0. The Kier molecular flexibility index (Phi) is 2.31. The number of hydrogen-bond acceptors (Lipinski definition) is 0. The molecule has 0 bridgehead atoms. The Morgan fingerprint density at radius 2 is 2.00 bits per heavy atom. The first kappa shape index (κ1) is 9.45. The van der Waals surface area contributed by atoms with E-state index in [1.165, 1.54) is 10.5 Å². The van der Waals surface area contributed by atoms with E-state index in [4.69, 9.17) is 0 Å². The van der Waals surface area contributed by atoms with Crippen molar-refractivity contribution in [2.24, 2.45) is 0 Å². The van der Waals surface area contributed by atoms with Crippen LogP contribution >= 0.6 is 0 Å². The van der Waals surface area contributed by atoms with E-state index in [9.17, 15) is 0 Å². The summed E-state index contributed by atoms with van der Waals surface area (Å²) in [4.78, 5) is 0. The molecule has 0 spiro atoms. The zero-order valence-corrected chi connectivity index (χ0v) is 10.6. The van der Waals surface area contributed by atoms with Gasteiger partial charge in [0, 0.05) is 0 Å². The van der Waals surface area contributed by atoms with Crippen LogP contribution in [0.5, 0.6) is 0 Å². The van der Waals surface area contributed by atoms with E-state index in [1.54, 1.807) is 3.28 Å². The first-order chi connectivity index (χ1) is 4.94. The predicted octanol–water partition coefficient (Wildman–Crippen LogP) is 4.10. The van der Waals surface area contributed by atoms with E-state index in [0.717, 1.165) is 0 Å². The van der Waals surface area contributed by atoms with Crippen molar-refractivity contribution in [1.82, 2.24) is 0 Å². The summed E-state index contributed by atoms with van der Waals surface area (Å²) in [6.07, 6.45) is 8.10. The molecule has 0 aromatic heterocycles. The Labute approximate surface area is 71.5 Å². The second-order valence-corrected chi connectivity index (χ2v) is 25.6. The van der Waals surface area contributed by atoms with Crippen molar-refractivity contribution in [3.8, 4) is 0 Å². The molecule has 1 rings (SSSR count). The molecule has 0 aromatic carbocycles. The Balaban J connectivity index is 2.89. The zero-order valence-electron chi connectivity index (χ0n) is 8.15. The average Bonchev–Trinajstić information content (AvgIpc) is 2.38. The van der Waals surface area contributed by atoms with Crippen molar-refractivity contribution in [2.75, 3.05) is 0 Å². The van der Waals surface area contributed by atoms with Gasteiger partial charge in [-0.25, -0.2) is 0 Å². The average molecular weight is 230 g/mol. The van der Waals surface area contributed by atoms with E-state index in [-0.39, 0.29) is 0 Å². The minimum atomic E-state index is -2.26. The van der Waals surface area contributed by atoms with Gasteiger partial charge in [0.15, 0.2) is 0 Å². The second-order valence-electron chi connectivity index (χ2n) is 5.17. The van der Waals surface area contributed by atoms with Crippen LogP contribution < -0.4 is 0 Å². The quantitative estimate of drug-likeness (QED) is 0.670. The molecule has 1 aliphatic rings. The standard InChI is InChI=1S/C5H5.C2H5.3CH3.Zr/c1-2-4-5-3-1;1-2;;;;/h1-3H,4H2;1H2,2H3;3*1H3;. The number of hydrogen-bond donors (Lipinski definition) is 0. The van der Waals surface area contributed by atoms with Crippen LogP contribution in [0.25, 0.3) is 0 Å². The molecule has 0 radical (unpaired) electrons. The maximum absolute atomic E-state index is 2.54. The molecule has 0 aromatic rings. The van der Waals surface area contributed by atoms with Crippen LogP contribution in [0.4, 0.5) is 0 Å². The third-order valence-electron chi connectivity index (χ3n) is 3.20. The monoisotopic (exact) mass is 229 g/mol. The zero-order chi connectivity index (χ0) is 8.56. The van der Waals surface area contributed by atoms with Gasteiger partial charge in [-0.3, -0.25) is 0 Å². The van der Waals surface area contributed by atoms with E-state index in [1.807, 2.05) is 0 Å². The Hall–Kier alpha value is 0.363. The van der Waals surface area contributed by atoms with Gasteiger partial charge < -0.3 is 0 Å². The van der Waals surface area contributed by atoms with Crippen molar-refractivity contribution in [3.05, 3.63) is 21.5 Å². The Bertz CT molecular complexity index is 213. The van der Waals surface area contributed by atoms with Crippen LogP contribution in [0.2, 0.25) is 18.0 Å². The summed E-state index contributed by atoms with van der Waals surface area (Å²) < 4.78 is 10.8. The van der Waals surface area contributed by atoms with Gasteiger partial charge in [-0.15, -0.1) is 0 Å². The molecule has 0 fully saturated rings. The van der Waals surface area contributed by atoms with Gasteiger partial charge in [-0.2, -0.15) is 0 Å². The number of rotatable bonds is 2. The van der Waals surface area contributed by atoms with E-state index >= 15 is 0 Å². The fourth-order valence-corrected chi connectivity index (χ4v) is 6.38. The maximum atomic E-state index is 2.54. The van der Waals surface area contributed by atoms with Gasteiger partial charge in [0.2, 0.25) is 0 Å².